The molecule has 0 spiro atoms. The van der Waals surface area contributed by atoms with Crippen molar-refractivity contribution in [2.45, 2.75) is 32.6 Å². The predicted octanol–water partition coefficient (Wildman–Crippen LogP) is 2.80. The number of benzene rings is 1. The largest absolute Gasteiger partial charge is 0.481 e. The number of carbonyl (C=O) groups is 1. The number of halogens is 1. The van der Waals surface area contributed by atoms with E-state index >= 15 is 0 Å². The lowest BCUT2D eigenvalue weighted by Gasteiger charge is -2.06. The Hall–Kier alpha value is -1.38. The topological polar surface area (TPSA) is 37.3 Å². The van der Waals surface area contributed by atoms with Crippen molar-refractivity contribution in [3.05, 3.63) is 35.1 Å². The van der Waals surface area contributed by atoms with E-state index in [4.69, 9.17) is 5.11 Å². The maximum Gasteiger partial charge on any atom is 0.303 e. The van der Waals surface area contributed by atoms with Gasteiger partial charge in [-0.2, -0.15) is 0 Å². The van der Waals surface area contributed by atoms with Crippen LogP contribution in [0.4, 0.5) is 4.39 Å². The van der Waals surface area contributed by atoms with Gasteiger partial charge in [-0.15, -0.1) is 0 Å². The Morgan fingerprint density at radius 1 is 1.40 bits per heavy atom. The number of hydrogen-bond donors (Lipinski definition) is 1. The van der Waals surface area contributed by atoms with E-state index in [0.29, 0.717) is 12.8 Å². The van der Waals surface area contributed by atoms with E-state index < -0.39 is 5.97 Å². The average Bonchev–Trinajstić information content (AvgIpc) is 2.17. The number of hydrogen-bond acceptors (Lipinski definition) is 1. The maximum atomic E-state index is 13.0. The first-order valence-electron chi connectivity index (χ1n) is 5.12. The molecule has 15 heavy (non-hydrogen) atoms. The summed E-state index contributed by atoms with van der Waals surface area (Å²) in [5.74, 6) is -1.05. The molecular formula is C12H15FO2. The third-order valence-corrected chi connectivity index (χ3v) is 2.39. The number of rotatable bonds is 5. The first kappa shape index (κ1) is 11.7. The summed E-state index contributed by atoms with van der Waals surface area (Å²) in [6.07, 6.45) is 2.18. The van der Waals surface area contributed by atoms with Crippen LogP contribution in [0.25, 0.3) is 0 Å². The van der Waals surface area contributed by atoms with Crippen molar-refractivity contribution in [2.75, 3.05) is 0 Å². The van der Waals surface area contributed by atoms with Crippen LogP contribution in [0.5, 0.6) is 0 Å². The Morgan fingerprint density at radius 2 is 2.13 bits per heavy atom. The van der Waals surface area contributed by atoms with Crippen LogP contribution in [-0.4, -0.2) is 11.1 Å². The smallest absolute Gasteiger partial charge is 0.303 e. The van der Waals surface area contributed by atoms with Crippen LogP contribution in [0.3, 0.4) is 0 Å². The third-order valence-electron chi connectivity index (χ3n) is 2.39. The van der Waals surface area contributed by atoms with Crippen LogP contribution >= 0.6 is 0 Å². The zero-order valence-electron chi connectivity index (χ0n) is 8.79. The highest BCUT2D eigenvalue weighted by Crippen LogP contribution is 2.14. The molecule has 0 saturated heterocycles. The molecule has 0 bridgehead atoms. The van der Waals surface area contributed by atoms with E-state index in [9.17, 15) is 9.18 Å². The van der Waals surface area contributed by atoms with Gasteiger partial charge in [-0.25, -0.2) is 4.39 Å². The second-order valence-electron chi connectivity index (χ2n) is 3.51. The highest BCUT2D eigenvalue weighted by atomic mass is 19.1. The summed E-state index contributed by atoms with van der Waals surface area (Å²) in [6, 6.07) is 4.71. The summed E-state index contributed by atoms with van der Waals surface area (Å²) in [7, 11) is 0. The van der Waals surface area contributed by atoms with Gasteiger partial charge in [0, 0.05) is 6.42 Å². The molecule has 0 aromatic heterocycles. The Kier molecular flexibility index (Phi) is 4.28. The van der Waals surface area contributed by atoms with Gasteiger partial charge in [0.2, 0.25) is 0 Å². The summed E-state index contributed by atoms with van der Waals surface area (Å²) in [5.41, 5.74) is 2.03. The molecule has 82 valence electrons. The number of carboxylic acids is 1. The van der Waals surface area contributed by atoms with Gasteiger partial charge in [0.25, 0.3) is 0 Å². The van der Waals surface area contributed by atoms with Crippen molar-refractivity contribution in [1.82, 2.24) is 0 Å². The van der Waals surface area contributed by atoms with Gasteiger partial charge in [0.15, 0.2) is 0 Å². The van der Waals surface area contributed by atoms with E-state index in [-0.39, 0.29) is 12.2 Å². The van der Waals surface area contributed by atoms with Crippen molar-refractivity contribution >= 4 is 5.97 Å². The minimum absolute atomic E-state index is 0.139. The van der Waals surface area contributed by atoms with Crippen molar-refractivity contribution in [3.8, 4) is 0 Å². The van der Waals surface area contributed by atoms with E-state index in [1.165, 1.54) is 12.1 Å². The minimum Gasteiger partial charge on any atom is -0.481 e. The highest BCUT2D eigenvalue weighted by molar-refractivity contribution is 5.66. The molecule has 1 rings (SSSR count). The quantitative estimate of drug-likeness (QED) is 0.811. The summed E-state index contributed by atoms with van der Waals surface area (Å²) in [6.45, 7) is 2.01. The zero-order chi connectivity index (χ0) is 11.3. The first-order valence-corrected chi connectivity index (χ1v) is 5.12. The highest BCUT2D eigenvalue weighted by Gasteiger charge is 2.04. The Labute approximate surface area is 88.7 Å². The van der Waals surface area contributed by atoms with E-state index in [1.54, 1.807) is 6.07 Å². The van der Waals surface area contributed by atoms with Crippen molar-refractivity contribution in [1.29, 1.82) is 0 Å². The van der Waals surface area contributed by atoms with Gasteiger partial charge in [0.05, 0.1) is 0 Å². The Morgan fingerprint density at radius 3 is 2.73 bits per heavy atom. The molecule has 0 unspecified atom stereocenters. The zero-order valence-corrected chi connectivity index (χ0v) is 8.79. The minimum atomic E-state index is -0.801. The third kappa shape index (κ3) is 3.70. The van der Waals surface area contributed by atoms with Gasteiger partial charge in [-0.05, 0) is 42.5 Å². The SMILES string of the molecule is CCc1ccc(F)cc1CCCC(=O)O. The summed E-state index contributed by atoms with van der Waals surface area (Å²) >= 11 is 0. The van der Waals surface area contributed by atoms with Crippen molar-refractivity contribution in [2.24, 2.45) is 0 Å². The molecule has 0 aliphatic rings. The molecule has 2 nitrogen and oxygen atoms in total. The van der Waals surface area contributed by atoms with E-state index in [2.05, 4.69) is 0 Å². The Balaban J connectivity index is 2.65. The predicted molar refractivity (Wildman–Crippen MR) is 56.4 cm³/mol. The first-order chi connectivity index (χ1) is 7.13. The fourth-order valence-corrected chi connectivity index (χ4v) is 1.60. The summed E-state index contributed by atoms with van der Waals surface area (Å²) in [5, 5.41) is 8.50. The standard InChI is InChI=1S/C12H15FO2/c1-2-9-6-7-11(13)8-10(9)4-3-5-12(14)15/h6-8H,2-5H2,1H3,(H,14,15). The summed E-state index contributed by atoms with van der Waals surface area (Å²) < 4.78 is 13.0. The molecule has 1 aromatic rings. The van der Waals surface area contributed by atoms with E-state index in [0.717, 1.165) is 17.5 Å². The molecule has 1 N–H and O–H groups in total. The molecule has 0 aliphatic heterocycles. The van der Waals surface area contributed by atoms with Crippen molar-refractivity contribution < 1.29 is 14.3 Å². The molecule has 1 aromatic carbocycles. The number of carboxylic acid groups (broad SMARTS) is 1. The molecule has 0 radical (unpaired) electrons. The van der Waals surface area contributed by atoms with Gasteiger partial charge in [-0.3, -0.25) is 4.79 Å². The van der Waals surface area contributed by atoms with E-state index in [1.807, 2.05) is 6.92 Å². The van der Waals surface area contributed by atoms with Crippen LogP contribution in [0.2, 0.25) is 0 Å². The molecule has 0 fully saturated rings. The molecule has 3 heteroatoms. The number of aryl methyl sites for hydroxylation is 2. The number of aliphatic carboxylic acids is 1. The van der Waals surface area contributed by atoms with Crippen LogP contribution in [-0.2, 0) is 17.6 Å². The average molecular weight is 210 g/mol. The van der Waals surface area contributed by atoms with Gasteiger partial charge >= 0.3 is 5.97 Å². The Bertz CT molecular complexity index is 347. The monoisotopic (exact) mass is 210 g/mol. The molecular weight excluding hydrogens is 195 g/mol. The second-order valence-corrected chi connectivity index (χ2v) is 3.51. The van der Waals surface area contributed by atoms with Gasteiger partial charge < -0.3 is 5.11 Å². The fourth-order valence-electron chi connectivity index (χ4n) is 1.60. The van der Waals surface area contributed by atoms with Crippen LogP contribution in [0, 0.1) is 5.82 Å². The normalized spacial score (nSPS) is 10.3. The summed E-state index contributed by atoms with van der Waals surface area (Å²) in [4.78, 5) is 10.3. The fraction of sp³-hybridized carbons (Fsp3) is 0.417. The maximum absolute atomic E-state index is 13.0. The lowest BCUT2D eigenvalue weighted by Crippen LogP contribution is -1.99. The molecule has 0 aliphatic carbocycles. The second kappa shape index (κ2) is 5.49. The van der Waals surface area contributed by atoms with Crippen molar-refractivity contribution in [3.63, 3.8) is 0 Å². The lowest BCUT2D eigenvalue weighted by molar-refractivity contribution is -0.137. The molecule has 0 saturated carbocycles. The van der Waals surface area contributed by atoms with Crippen LogP contribution in [0.1, 0.15) is 30.9 Å². The van der Waals surface area contributed by atoms with Crippen LogP contribution in [0.15, 0.2) is 18.2 Å². The van der Waals surface area contributed by atoms with Gasteiger partial charge in [-0.1, -0.05) is 13.0 Å². The molecule has 0 amide bonds. The molecule has 0 heterocycles. The molecule has 0 atom stereocenters. The van der Waals surface area contributed by atoms with Gasteiger partial charge in [0.1, 0.15) is 5.82 Å². The van der Waals surface area contributed by atoms with Crippen LogP contribution < -0.4 is 0 Å². The lowest BCUT2D eigenvalue weighted by atomic mass is 10.00.